The molecule has 1 aromatic heterocycles. The van der Waals surface area contributed by atoms with Gasteiger partial charge in [0.05, 0.1) is 19.2 Å². The topological polar surface area (TPSA) is 70.1 Å². The molecule has 0 bridgehead atoms. The number of carbonyl (C=O) groups is 1. The van der Waals surface area contributed by atoms with Gasteiger partial charge in [-0.25, -0.2) is 4.98 Å². The van der Waals surface area contributed by atoms with Gasteiger partial charge >= 0.3 is 5.97 Å². The molecule has 7 heteroatoms. The highest BCUT2D eigenvalue weighted by molar-refractivity contribution is 5.80. The van der Waals surface area contributed by atoms with Crippen LogP contribution in [-0.2, 0) is 16.0 Å². The smallest absolute Gasteiger partial charge is 0.307 e. The molecule has 0 unspecified atom stereocenters. The monoisotopic (exact) mass is 467 g/mol. The van der Waals surface area contributed by atoms with Crippen LogP contribution < -0.4 is 10.3 Å². The maximum Gasteiger partial charge on any atom is 0.307 e. The van der Waals surface area contributed by atoms with Gasteiger partial charge in [0.15, 0.2) is 0 Å². The molecule has 1 aromatic carbocycles. The molecular formula is C27H41N5O2. The van der Waals surface area contributed by atoms with Crippen LogP contribution in [0.15, 0.2) is 41.5 Å². The fraction of sp³-hybridized carbons (Fsp3) is 0.519. The van der Waals surface area contributed by atoms with Gasteiger partial charge in [0, 0.05) is 37.1 Å². The Morgan fingerprint density at radius 2 is 1.88 bits per heavy atom. The van der Waals surface area contributed by atoms with Gasteiger partial charge in [-0.15, -0.1) is 0 Å². The Kier molecular flexibility index (Phi) is 12.1. The maximum atomic E-state index is 11.9. The van der Waals surface area contributed by atoms with Gasteiger partial charge in [-0.05, 0) is 58.3 Å². The second-order valence-electron chi connectivity index (χ2n) is 8.85. The zero-order valence-electron chi connectivity index (χ0n) is 21.5. The van der Waals surface area contributed by atoms with Crippen molar-refractivity contribution in [3.05, 3.63) is 53.2 Å². The lowest BCUT2D eigenvalue weighted by Crippen LogP contribution is -2.25. The van der Waals surface area contributed by atoms with Gasteiger partial charge in [-0.2, -0.15) is 5.10 Å². The average molecular weight is 468 g/mol. The van der Waals surface area contributed by atoms with Crippen LogP contribution in [0.3, 0.4) is 0 Å². The maximum absolute atomic E-state index is 11.9. The number of hydrazone groups is 1. The predicted molar refractivity (Wildman–Crippen MR) is 142 cm³/mol. The van der Waals surface area contributed by atoms with Crippen molar-refractivity contribution in [3.63, 3.8) is 0 Å². The van der Waals surface area contributed by atoms with Crippen LogP contribution in [0.2, 0.25) is 0 Å². The first-order valence-electron chi connectivity index (χ1n) is 12.3. The number of rotatable bonds is 15. The number of nitrogens with one attached hydrogen (secondary N) is 1. The van der Waals surface area contributed by atoms with Crippen molar-refractivity contribution >= 4 is 23.7 Å². The molecule has 0 fully saturated rings. The third kappa shape index (κ3) is 10.3. The number of hydrogen-bond acceptors (Lipinski definition) is 7. The number of hydrogen-bond donors (Lipinski definition) is 1. The van der Waals surface area contributed by atoms with E-state index < -0.39 is 0 Å². The summed E-state index contributed by atoms with van der Waals surface area (Å²) in [5, 5.41) is 4.41. The lowest BCUT2D eigenvalue weighted by atomic mass is 10.2. The van der Waals surface area contributed by atoms with Crippen LogP contribution in [0.5, 0.6) is 0 Å². The molecule has 2 aromatic rings. The SMILES string of the molecule is CCCN(CCC)c1cc(CCCOC(=O)CCN(C)C)nc(N/N=C/c2cccc(C)c2)c1. The zero-order valence-corrected chi connectivity index (χ0v) is 21.5. The Labute approximate surface area is 205 Å². The number of ether oxygens (including phenoxy) is 1. The summed E-state index contributed by atoms with van der Waals surface area (Å²) in [6.45, 7) is 9.55. The minimum Gasteiger partial charge on any atom is -0.466 e. The summed E-state index contributed by atoms with van der Waals surface area (Å²) in [6, 6.07) is 12.4. The van der Waals surface area contributed by atoms with Crippen molar-refractivity contribution in [2.75, 3.05) is 50.7 Å². The van der Waals surface area contributed by atoms with E-state index in [9.17, 15) is 4.79 Å². The molecule has 0 radical (unpaired) electrons. The third-order valence-corrected chi connectivity index (χ3v) is 5.25. The first-order chi connectivity index (χ1) is 16.4. The van der Waals surface area contributed by atoms with Gasteiger partial charge in [-0.1, -0.05) is 43.7 Å². The van der Waals surface area contributed by atoms with E-state index in [-0.39, 0.29) is 5.97 Å². The van der Waals surface area contributed by atoms with Crippen LogP contribution in [0.1, 0.15) is 56.4 Å². The van der Waals surface area contributed by atoms with E-state index in [0.717, 1.165) is 61.5 Å². The van der Waals surface area contributed by atoms with E-state index in [1.807, 2.05) is 37.3 Å². The first kappa shape index (κ1) is 27.3. The number of aromatic nitrogens is 1. The molecule has 0 atom stereocenters. The lowest BCUT2D eigenvalue weighted by Gasteiger charge is -2.24. The summed E-state index contributed by atoms with van der Waals surface area (Å²) >= 11 is 0. The lowest BCUT2D eigenvalue weighted by molar-refractivity contribution is -0.144. The second-order valence-corrected chi connectivity index (χ2v) is 8.85. The summed E-state index contributed by atoms with van der Waals surface area (Å²) < 4.78 is 5.38. The fourth-order valence-electron chi connectivity index (χ4n) is 3.60. The molecule has 186 valence electrons. The highest BCUT2D eigenvalue weighted by Gasteiger charge is 2.10. The summed E-state index contributed by atoms with van der Waals surface area (Å²) in [6.07, 6.45) is 5.85. The zero-order chi connectivity index (χ0) is 24.8. The normalized spacial score (nSPS) is 11.2. The molecule has 2 rings (SSSR count). The van der Waals surface area contributed by atoms with E-state index >= 15 is 0 Å². The van der Waals surface area contributed by atoms with Crippen LogP contribution in [0.4, 0.5) is 11.5 Å². The standard InChI is InChI=1S/C27H41N5O2/c1-6-14-32(15-7-2)25-19-24(12-9-17-34-27(33)13-16-31(4)5)29-26(20-25)30-28-21-23-11-8-10-22(3)18-23/h8,10-11,18-21H,6-7,9,12-17H2,1-5H3,(H,29,30)/b28-21+. The molecule has 7 nitrogen and oxygen atoms in total. The van der Waals surface area contributed by atoms with E-state index in [4.69, 9.17) is 9.72 Å². The van der Waals surface area contributed by atoms with Crippen LogP contribution in [-0.4, -0.2) is 62.4 Å². The average Bonchev–Trinajstić information content (AvgIpc) is 2.80. The summed E-state index contributed by atoms with van der Waals surface area (Å²) in [4.78, 5) is 21.0. The van der Waals surface area contributed by atoms with Crippen molar-refractivity contribution in [1.82, 2.24) is 9.88 Å². The molecule has 0 saturated heterocycles. The van der Waals surface area contributed by atoms with Crippen molar-refractivity contribution in [2.45, 2.75) is 52.9 Å². The number of anilines is 2. The molecule has 0 aliphatic rings. The second kappa shape index (κ2) is 15.1. The van der Waals surface area contributed by atoms with Crippen LogP contribution >= 0.6 is 0 Å². The molecule has 0 amide bonds. The number of carbonyl (C=O) groups excluding carboxylic acids is 1. The van der Waals surface area contributed by atoms with Gasteiger partial charge in [-0.3, -0.25) is 10.2 Å². The van der Waals surface area contributed by atoms with Gasteiger partial charge < -0.3 is 14.5 Å². The molecule has 34 heavy (non-hydrogen) atoms. The Morgan fingerprint density at radius 3 is 2.56 bits per heavy atom. The number of aryl methyl sites for hydroxylation is 2. The largest absolute Gasteiger partial charge is 0.466 e. The highest BCUT2D eigenvalue weighted by atomic mass is 16.5. The Bertz CT molecular complexity index is 908. The van der Waals surface area contributed by atoms with E-state index in [0.29, 0.717) is 19.6 Å². The van der Waals surface area contributed by atoms with Crippen LogP contribution in [0, 0.1) is 6.92 Å². The molecule has 0 spiro atoms. The number of pyridine rings is 1. The minimum absolute atomic E-state index is 0.152. The molecule has 1 heterocycles. The highest BCUT2D eigenvalue weighted by Crippen LogP contribution is 2.22. The Hall–Kier alpha value is -2.93. The number of esters is 1. The molecule has 1 N–H and O–H groups in total. The Balaban J connectivity index is 2.07. The summed E-state index contributed by atoms with van der Waals surface area (Å²) in [5.74, 6) is 0.567. The molecule has 0 aliphatic heterocycles. The van der Waals surface area contributed by atoms with E-state index in [2.05, 4.69) is 60.5 Å². The predicted octanol–water partition coefficient (Wildman–Crippen LogP) is 4.89. The van der Waals surface area contributed by atoms with Crippen molar-refractivity contribution in [1.29, 1.82) is 0 Å². The first-order valence-corrected chi connectivity index (χ1v) is 12.3. The summed E-state index contributed by atoms with van der Waals surface area (Å²) in [7, 11) is 3.89. The Morgan fingerprint density at radius 1 is 1.12 bits per heavy atom. The third-order valence-electron chi connectivity index (χ3n) is 5.25. The van der Waals surface area contributed by atoms with Crippen LogP contribution in [0.25, 0.3) is 0 Å². The molecular weight excluding hydrogens is 426 g/mol. The quantitative estimate of drug-likeness (QED) is 0.174. The molecule has 0 aliphatic carbocycles. The van der Waals surface area contributed by atoms with Gasteiger partial charge in [0.1, 0.15) is 5.82 Å². The van der Waals surface area contributed by atoms with Crippen molar-refractivity contribution in [3.8, 4) is 0 Å². The number of nitrogens with zero attached hydrogens (tertiary/aromatic N) is 4. The molecule has 0 saturated carbocycles. The van der Waals surface area contributed by atoms with Gasteiger partial charge in [0.2, 0.25) is 0 Å². The fourth-order valence-corrected chi connectivity index (χ4v) is 3.60. The minimum atomic E-state index is -0.152. The van der Waals surface area contributed by atoms with E-state index in [1.54, 1.807) is 0 Å². The number of benzene rings is 1. The summed E-state index contributed by atoms with van der Waals surface area (Å²) in [5.41, 5.74) is 7.46. The van der Waals surface area contributed by atoms with E-state index in [1.165, 1.54) is 5.56 Å². The van der Waals surface area contributed by atoms with Crippen molar-refractivity contribution in [2.24, 2.45) is 5.10 Å². The van der Waals surface area contributed by atoms with Gasteiger partial charge in [0.25, 0.3) is 0 Å². The van der Waals surface area contributed by atoms with Crippen molar-refractivity contribution < 1.29 is 9.53 Å².